The molecule has 1 atom stereocenters. The number of hydrogen-bond acceptors (Lipinski definition) is 3. The summed E-state index contributed by atoms with van der Waals surface area (Å²) < 4.78 is 0. The highest BCUT2D eigenvalue weighted by Crippen LogP contribution is 2.22. The molecule has 0 aliphatic carbocycles. The molecule has 1 saturated heterocycles. The first-order chi connectivity index (χ1) is 8.46. The highest BCUT2D eigenvalue weighted by atomic mass is 16.3. The Kier molecular flexibility index (Phi) is 6.09. The Labute approximate surface area is 111 Å². The minimum atomic E-state index is -0.548. The van der Waals surface area contributed by atoms with Gasteiger partial charge in [0.05, 0.1) is 11.6 Å². The van der Waals surface area contributed by atoms with Gasteiger partial charge < -0.3 is 10.4 Å². The molecule has 0 bridgehead atoms. The summed E-state index contributed by atoms with van der Waals surface area (Å²) in [7, 11) is 0. The summed E-state index contributed by atoms with van der Waals surface area (Å²) in [5.74, 6) is 0.118. The standard InChI is InChI=1S/C14H28N2O2/c1-4-5-6-9-15-13(17)12(2)16-10-7-14(3,18)8-11-16/h12,18H,4-11H2,1-3H3,(H,15,17). The Hall–Kier alpha value is -0.610. The molecule has 18 heavy (non-hydrogen) atoms. The number of carbonyl (C=O) groups is 1. The Morgan fingerprint density at radius 1 is 1.39 bits per heavy atom. The maximum absolute atomic E-state index is 12.0. The summed E-state index contributed by atoms with van der Waals surface area (Å²) in [5, 5.41) is 12.9. The van der Waals surface area contributed by atoms with Crippen LogP contribution in [0, 0.1) is 0 Å². The maximum Gasteiger partial charge on any atom is 0.237 e. The smallest absolute Gasteiger partial charge is 0.237 e. The molecule has 1 aliphatic rings. The number of nitrogens with zero attached hydrogens (tertiary/aromatic N) is 1. The van der Waals surface area contributed by atoms with E-state index in [1.165, 1.54) is 12.8 Å². The molecule has 0 aromatic rings. The molecule has 1 aliphatic heterocycles. The fourth-order valence-corrected chi connectivity index (χ4v) is 2.29. The fourth-order valence-electron chi connectivity index (χ4n) is 2.29. The molecule has 2 N–H and O–H groups in total. The van der Waals surface area contributed by atoms with E-state index < -0.39 is 5.60 Å². The van der Waals surface area contributed by atoms with Crippen molar-refractivity contribution in [2.45, 2.75) is 64.5 Å². The highest BCUT2D eigenvalue weighted by molar-refractivity contribution is 5.81. The molecule has 106 valence electrons. The number of aliphatic hydroxyl groups is 1. The van der Waals surface area contributed by atoms with Crippen LogP contribution in [0.4, 0.5) is 0 Å². The van der Waals surface area contributed by atoms with Crippen LogP contribution in [0.5, 0.6) is 0 Å². The summed E-state index contributed by atoms with van der Waals surface area (Å²) in [6.45, 7) is 8.37. The van der Waals surface area contributed by atoms with Crippen LogP contribution < -0.4 is 5.32 Å². The van der Waals surface area contributed by atoms with Gasteiger partial charge in [0, 0.05) is 19.6 Å². The summed E-state index contributed by atoms with van der Waals surface area (Å²) >= 11 is 0. The van der Waals surface area contributed by atoms with Gasteiger partial charge in [-0.1, -0.05) is 19.8 Å². The molecule has 0 spiro atoms. The predicted octanol–water partition coefficient (Wildman–Crippen LogP) is 1.53. The highest BCUT2D eigenvalue weighted by Gasteiger charge is 2.31. The van der Waals surface area contributed by atoms with Crippen LogP contribution >= 0.6 is 0 Å². The molecule has 1 heterocycles. The summed E-state index contributed by atoms with van der Waals surface area (Å²) in [6, 6.07) is -0.0808. The zero-order valence-corrected chi connectivity index (χ0v) is 12.0. The van der Waals surface area contributed by atoms with Crippen molar-refractivity contribution in [1.29, 1.82) is 0 Å². The van der Waals surface area contributed by atoms with Crippen molar-refractivity contribution in [3.8, 4) is 0 Å². The van der Waals surface area contributed by atoms with E-state index in [0.29, 0.717) is 0 Å². The van der Waals surface area contributed by atoms with E-state index in [9.17, 15) is 9.90 Å². The largest absolute Gasteiger partial charge is 0.390 e. The average molecular weight is 256 g/mol. The van der Waals surface area contributed by atoms with Gasteiger partial charge in [0.15, 0.2) is 0 Å². The van der Waals surface area contributed by atoms with E-state index in [4.69, 9.17) is 0 Å². The zero-order chi connectivity index (χ0) is 13.6. The van der Waals surface area contributed by atoms with Crippen LogP contribution in [0.15, 0.2) is 0 Å². The number of likely N-dealkylation sites (tertiary alicyclic amines) is 1. The van der Waals surface area contributed by atoms with Gasteiger partial charge in [-0.15, -0.1) is 0 Å². The number of piperidine rings is 1. The maximum atomic E-state index is 12.0. The molecule has 0 aromatic heterocycles. The molecular formula is C14H28N2O2. The normalized spacial score (nSPS) is 21.6. The third kappa shape index (κ3) is 4.94. The second-order valence-electron chi connectivity index (χ2n) is 5.71. The third-order valence-corrected chi connectivity index (χ3v) is 3.88. The molecule has 4 heteroatoms. The minimum absolute atomic E-state index is 0.0808. The minimum Gasteiger partial charge on any atom is -0.390 e. The summed E-state index contributed by atoms with van der Waals surface area (Å²) in [6.07, 6.45) is 4.90. The van der Waals surface area contributed by atoms with E-state index >= 15 is 0 Å². The van der Waals surface area contributed by atoms with Gasteiger partial charge in [0.1, 0.15) is 0 Å². The lowest BCUT2D eigenvalue weighted by Crippen LogP contribution is -2.51. The van der Waals surface area contributed by atoms with Gasteiger partial charge in [-0.2, -0.15) is 0 Å². The van der Waals surface area contributed by atoms with E-state index in [1.807, 2.05) is 13.8 Å². The molecular weight excluding hydrogens is 228 g/mol. The predicted molar refractivity (Wildman–Crippen MR) is 73.4 cm³/mol. The summed E-state index contributed by atoms with van der Waals surface area (Å²) in [5.41, 5.74) is -0.548. The van der Waals surface area contributed by atoms with E-state index in [-0.39, 0.29) is 11.9 Å². The van der Waals surface area contributed by atoms with Crippen molar-refractivity contribution < 1.29 is 9.90 Å². The fraction of sp³-hybridized carbons (Fsp3) is 0.929. The lowest BCUT2D eigenvalue weighted by atomic mass is 9.93. The molecule has 1 amide bonds. The van der Waals surface area contributed by atoms with Crippen molar-refractivity contribution in [2.24, 2.45) is 0 Å². The average Bonchev–Trinajstić information content (AvgIpc) is 2.33. The monoisotopic (exact) mass is 256 g/mol. The number of hydrogen-bond donors (Lipinski definition) is 2. The van der Waals surface area contributed by atoms with Crippen molar-refractivity contribution >= 4 is 5.91 Å². The first-order valence-corrected chi connectivity index (χ1v) is 7.20. The van der Waals surface area contributed by atoms with Crippen molar-refractivity contribution in [1.82, 2.24) is 10.2 Å². The van der Waals surface area contributed by atoms with Crippen LogP contribution in [-0.2, 0) is 4.79 Å². The molecule has 0 radical (unpaired) electrons. The molecule has 1 fully saturated rings. The molecule has 1 rings (SSSR count). The van der Waals surface area contributed by atoms with Gasteiger partial charge in [-0.3, -0.25) is 9.69 Å². The van der Waals surface area contributed by atoms with Gasteiger partial charge >= 0.3 is 0 Å². The van der Waals surface area contributed by atoms with Crippen LogP contribution in [0.1, 0.15) is 52.9 Å². The molecule has 0 saturated carbocycles. The van der Waals surface area contributed by atoms with Gasteiger partial charge in [0.25, 0.3) is 0 Å². The Balaban J connectivity index is 2.27. The Morgan fingerprint density at radius 2 is 2.00 bits per heavy atom. The van der Waals surface area contributed by atoms with Crippen LogP contribution in [0.25, 0.3) is 0 Å². The number of carbonyl (C=O) groups excluding carboxylic acids is 1. The van der Waals surface area contributed by atoms with E-state index in [2.05, 4.69) is 17.1 Å². The quantitative estimate of drug-likeness (QED) is 0.709. The number of nitrogens with one attached hydrogen (secondary N) is 1. The van der Waals surface area contributed by atoms with Gasteiger partial charge in [0.2, 0.25) is 5.91 Å². The van der Waals surface area contributed by atoms with Crippen molar-refractivity contribution in [2.75, 3.05) is 19.6 Å². The van der Waals surface area contributed by atoms with E-state index in [0.717, 1.165) is 38.9 Å². The van der Waals surface area contributed by atoms with Crippen LogP contribution in [0.3, 0.4) is 0 Å². The number of unbranched alkanes of at least 4 members (excludes halogenated alkanes) is 2. The lowest BCUT2D eigenvalue weighted by molar-refractivity contribution is -0.127. The SMILES string of the molecule is CCCCCNC(=O)C(C)N1CCC(C)(O)CC1. The van der Waals surface area contributed by atoms with Gasteiger partial charge in [-0.05, 0) is 33.1 Å². The first-order valence-electron chi connectivity index (χ1n) is 7.20. The Bertz CT molecular complexity index is 257. The number of amides is 1. The topological polar surface area (TPSA) is 52.6 Å². The molecule has 4 nitrogen and oxygen atoms in total. The first kappa shape index (κ1) is 15.4. The van der Waals surface area contributed by atoms with Crippen LogP contribution in [-0.4, -0.2) is 47.2 Å². The Morgan fingerprint density at radius 3 is 2.56 bits per heavy atom. The lowest BCUT2D eigenvalue weighted by Gasteiger charge is -2.38. The summed E-state index contributed by atoms with van der Waals surface area (Å²) in [4.78, 5) is 14.1. The van der Waals surface area contributed by atoms with Crippen molar-refractivity contribution in [3.05, 3.63) is 0 Å². The molecule has 0 aromatic carbocycles. The van der Waals surface area contributed by atoms with Crippen molar-refractivity contribution in [3.63, 3.8) is 0 Å². The molecule has 1 unspecified atom stereocenters. The third-order valence-electron chi connectivity index (χ3n) is 3.88. The van der Waals surface area contributed by atoms with Crippen LogP contribution in [0.2, 0.25) is 0 Å². The zero-order valence-electron chi connectivity index (χ0n) is 12.0. The van der Waals surface area contributed by atoms with E-state index in [1.54, 1.807) is 0 Å². The second kappa shape index (κ2) is 7.10. The number of rotatable bonds is 6. The van der Waals surface area contributed by atoms with Gasteiger partial charge in [-0.25, -0.2) is 0 Å². The second-order valence-corrected chi connectivity index (χ2v) is 5.71.